The van der Waals surface area contributed by atoms with Gasteiger partial charge in [0, 0.05) is 16.6 Å². The van der Waals surface area contributed by atoms with Crippen LogP contribution in [0.2, 0.25) is 5.02 Å². The van der Waals surface area contributed by atoms with Gasteiger partial charge in [0.25, 0.3) is 5.91 Å². The van der Waals surface area contributed by atoms with Crippen LogP contribution >= 0.6 is 11.6 Å². The molecule has 1 amide bonds. The fourth-order valence-corrected chi connectivity index (χ4v) is 4.15. The normalized spacial score (nSPS) is 12.9. The van der Waals surface area contributed by atoms with E-state index in [0.717, 1.165) is 29.8 Å². The number of hydrogen-bond donors (Lipinski definition) is 0. The van der Waals surface area contributed by atoms with Crippen molar-refractivity contribution in [2.45, 2.75) is 32.4 Å². The van der Waals surface area contributed by atoms with Gasteiger partial charge in [-0.2, -0.15) is 5.10 Å². The lowest BCUT2D eigenvalue weighted by molar-refractivity contribution is 0.0728. The van der Waals surface area contributed by atoms with Crippen LogP contribution < -0.4 is 9.47 Å². The minimum absolute atomic E-state index is 0.0318. The van der Waals surface area contributed by atoms with Gasteiger partial charge in [-0.05, 0) is 74.4 Å². The summed E-state index contributed by atoms with van der Waals surface area (Å²) in [6.45, 7) is 2.34. The zero-order chi connectivity index (χ0) is 24.4. The maximum atomic E-state index is 13.6. The number of carbonyl (C=O) groups excluding carboxylic acids is 1. The first-order valence-corrected chi connectivity index (χ1v) is 11.9. The van der Waals surface area contributed by atoms with E-state index >= 15 is 0 Å². The molecule has 0 N–H and O–H groups in total. The molecule has 35 heavy (non-hydrogen) atoms. The highest BCUT2D eigenvalue weighted by Gasteiger charge is 2.35. The maximum Gasteiger partial charge on any atom is 0.254 e. The number of halogens is 1. The molecule has 4 aromatic rings. The highest BCUT2D eigenvalue weighted by molar-refractivity contribution is 6.30. The predicted octanol–water partition coefficient (Wildman–Crippen LogP) is 6.44. The number of aromatic nitrogens is 2. The van der Waals surface area contributed by atoms with Crippen molar-refractivity contribution in [2.75, 3.05) is 7.11 Å². The molecule has 0 unspecified atom stereocenters. The molecule has 7 heteroatoms. The lowest BCUT2D eigenvalue weighted by atomic mass is 10.1. The van der Waals surface area contributed by atoms with E-state index in [2.05, 4.69) is 0 Å². The van der Waals surface area contributed by atoms with Crippen molar-refractivity contribution in [3.05, 3.63) is 101 Å². The van der Waals surface area contributed by atoms with E-state index in [1.54, 1.807) is 30.0 Å². The fourth-order valence-electron chi connectivity index (χ4n) is 4.03. The first kappa shape index (κ1) is 23.0. The molecule has 5 rings (SSSR count). The number of carbonyl (C=O) groups is 1. The van der Waals surface area contributed by atoms with Crippen LogP contribution in [0.3, 0.4) is 0 Å². The number of nitrogens with zero attached hydrogens (tertiary/aromatic N) is 3. The van der Waals surface area contributed by atoms with Gasteiger partial charge in [-0.25, -0.2) is 4.68 Å². The topological polar surface area (TPSA) is 56.6 Å². The highest BCUT2D eigenvalue weighted by Crippen LogP contribution is 2.36. The Morgan fingerprint density at radius 3 is 2.46 bits per heavy atom. The molecule has 0 radical (unpaired) electrons. The van der Waals surface area contributed by atoms with E-state index < -0.39 is 0 Å². The Labute approximate surface area is 209 Å². The summed E-state index contributed by atoms with van der Waals surface area (Å²) >= 11 is 6.08. The second kappa shape index (κ2) is 9.84. The van der Waals surface area contributed by atoms with E-state index in [9.17, 15) is 4.79 Å². The van der Waals surface area contributed by atoms with Crippen LogP contribution in [-0.2, 0) is 6.54 Å². The van der Waals surface area contributed by atoms with E-state index in [0.29, 0.717) is 34.5 Å². The number of methoxy groups -OCH3 is 1. The second-order valence-electron chi connectivity index (χ2n) is 8.57. The molecular weight excluding hydrogens is 462 g/mol. The van der Waals surface area contributed by atoms with Gasteiger partial charge in [-0.3, -0.25) is 4.79 Å². The Kier molecular flexibility index (Phi) is 6.47. The van der Waals surface area contributed by atoms with Crippen LogP contribution in [0.4, 0.5) is 0 Å². The van der Waals surface area contributed by atoms with Crippen molar-refractivity contribution < 1.29 is 14.3 Å². The van der Waals surface area contributed by atoms with E-state index in [4.69, 9.17) is 26.2 Å². The Hall–Kier alpha value is -3.77. The molecule has 1 fully saturated rings. The molecule has 1 heterocycles. The Morgan fingerprint density at radius 1 is 1.03 bits per heavy atom. The molecule has 178 valence electrons. The minimum Gasteiger partial charge on any atom is -0.497 e. The van der Waals surface area contributed by atoms with Gasteiger partial charge >= 0.3 is 0 Å². The monoisotopic (exact) mass is 487 g/mol. The Bertz CT molecular complexity index is 1330. The van der Waals surface area contributed by atoms with Crippen LogP contribution in [0.5, 0.6) is 17.4 Å². The summed E-state index contributed by atoms with van der Waals surface area (Å²) in [7, 11) is 1.60. The summed E-state index contributed by atoms with van der Waals surface area (Å²) in [5.74, 6) is 1.85. The van der Waals surface area contributed by atoms with Crippen molar-refractivity contribution in [1.29, 1.82) is 0 Å². The molecule has 1 saturated carbocycles. The third kappa shape index (κ3) is 5.03. The van der Waals surface area contributed by atoms with Gasteiger partial charge in [0.05, 0.1) is 30.6 Å². The fraction of sp³-hybridized carbons (Fsp3) is 0.214. The van der Waals surface area contributed by atoms with E-state index in [1.807, 2.05) is 72.5 Å². The van der Waals surface area contributed by atoms with Crippen LogP contribution in [0.15, 0.2) is 78.9 Å². The molecule has 0 aliphatic heterocycles. The molecule has 0 bridgehead atoms. The van der Waals surface area contributed by atoms with Crippen LogP contribution in [-0.4, -0.2) is 33.7 Å². The summed E-state index contributed by atoms with van der Waals surface area (Å²) in [4.78, 5) is 15.5. The van der Waals surface area contributed by atoms with Gasteiger partial charge in [-0.1, -0.05) is 35.9 Å². The lowest BCUT2D eigenvalue weighted by Gasteiger charge is -2.23. The third-order valence-corrected chi connectivity index (χ3v) is 6.31. The van der Waals surface area contributed by atoms with Crippen molar-refractivity contribution in [3.8, 4) is 23.1 Å². The summed E-state index contributed by atoms with van der Waals surface area (Å²) in [5, 5.41) is 5.43. The van der Waals surface area contributed by atoms with Gasteiger partial charge in [0.15, 0.2) is 0 Å². The SMILES string of the molecule is COc1cccc(C(=O)N(Cc2c(C)nn(-c3ccccc3)c2Oc2ccc(Cl)cc2)C2CC2)c1. The number of rotatable bonds is 8. The van der Waals surface area contributed by atoms with Gasteiger partial charge < -0.3 is 14.4 Å². The zero-order valence-electron chi connectivity index (χ0n) is 19.6. The third-order valence-electron chi connectivity index (χ3n) is 6.06. The van der Waals surface area contributed by atoms with Crippen LogP contribution in [0.25, 0.3) is 5.69 Å². The molecule has 1 aromatic heterocycles. The largest absolute Gasteiger partial charge is 0.497 e. The first-order chi connectivity index (χ1) is 17.0. The van der Waals surface area contributed by atoms with Crippen molar-refractivity contribution in [2.24, 2.45) is 0 Å². The molecule has 0 spiro atoms. The van der Waals surface area contributed by atoms with Crippen LogP contribution in [0.1, 0.15) is 34.5 Å². The van der Waals surface area contributed by atoms with Crippen molar-refractivity contribution in [3.63, 3.8) is 0 Å². The molecule has 0 saturated heterocycles. The van der Waals surface area contributed by atoms with Crippen molar-refractivity contribution in [1.82, 2.24) is 14.7 Å². The second-order valence-corrected chi connectivity index (χ2v) is 9.01. The standard InChI is InChI=1S/C28H26ClN3O3/c1-19-26(18-31(22-13-14-22)27(33)20-7-6-10-25(17-20)34-2)28(35-24-15-11-21(29)12-16-24)32(30-19)23-8-4-3-5-9-23/h3-12,15-17,22H,13-14,18H2,1-2H3. The quantitative estimate of drug-likeness (QED) is 0.287. The summed E-state index contributed by atoms with van der Waals surface area (Å²) in [5.41, 5.74) is 3.15. The lowest BCUT2D eigenvalue weighted by Crippen LogP contribution is -2.32. The maximum absolute atomic E-state index is 13.6. The van der Waals surface area contributed by atoms with Gasteiger partial charge in [0.2, 0.25) is 5.88 Å². The molecule has 0 atom stereocenters. The number of ether oxygens (including phenoxy) is 2. The number of amides is 1. The molecule has 3 aromatic carbocycles. The molecular formula is C28H26ClN3O3. The van der Waals surface area contributed by atoms with Crippen LogP contribution in [0, 0.1) is 6.92 Å². The number of para-hydroxylation sites is 1. The smallest absolute Gasteiger partial charge is 0.254 e. The minimum atomic E-state index is -0.0318. The van der Waals surface area contributed by atoms with Gasteiger partial charge in [0.1, 0.15) is 11.5 Å². The van der Waals surface area contributed by atoms with E-state index in [-0.39, 0.29) is 11.9 Å². The van der Waals surface area contributed by atoms with Crippen molar-refractivity contribution >= 4 is 17.5 Å². The number of hydrogen-bond acceptors (Lipinski definition) is 4. The number of benzene rings is 3. The van der Waals surface area contributed by atoms with Gasteiger partial charge in [-0.15, -0.1) is 0 Å². The molecule has 1 aliphatic rings. The summed E-state index contributed by atoms with van der Waals surface area (Å²) < 4.78 is 13.5. The zero-order valence-corrected chi connectivity index (χ0v) is 20.4. The van der Waals surface area contributed by atoms with E-state index in [1.165, 1.54) is 0 Å². The average Bonchev–Trinajstić information content (AvgIpc) is 3.69. The highest BCUT2D eigenvalue weighted by atomic mass is 35.5. The first-order valence-electron chi connectivity index (χ1n) is 11.6. The average molecular weight is 488 g/mol. The Morgan fingerprint density at radius 2 is 1.77 bits per heavy atom. The Balaban J connectivity index is 1.54. The summed E-state index contributed by atoms with van der Waals surface area (Å²) in [6, 6.07) is 24.5. The molecule has 6 nitrogen and oxygen atoms in total. The summed E-state index contributed by atoms with van der Waals surface area (Å²) in [6.07, 6.45) is 1.96. The number of aryl methyl sites for hydroxylation is 1. The molecule has 1 aliphatic carbocycles. The predicted molar refractivity (Wildman–Crippen MR) is 136 cm³/mol.